The molecule has 0 unspecified atom stereocenters. The molecule has 0 aliphatic heterocycles. The van der Waals surface area contributed by atoms with Gasteiger partial charge in [0, 0.05) is 18.3 Å². The van der Waals surface area contributed by atoms with Crippen molar-refractivity contribution in [1.29, 1.82) is 0 Å². The van der Waals surface area contributed by atoms with E-state index in [9.17, 15) is 9.59 Å². The van der Waals surface area contributed by atoms with Gasteiger partial charge in [-0.15, -0.1) is 0 Å². The molecule has 118 valence electrons. The van der Waals surface area contributed by atoms with Crippen LogP contribution < -0.4 is 10.3 Å². The van der Waals surface area contributed by atoms with E-state index < -0.39 is 11.5 Å². The van der Waals surface area contributed by atoms with Gasteiger partial charge in [-0.05, 0) is 12.1 Å². The second-order valence-corrected chi connectivity index (χ2v) is 5.23. The summed E-state index contributed by atoms with van der Waals surface area (Å²) in [5.41, 5.74) is -0.563. The smallest absolute Gasteiger partial charge is 0.360 e. The number of carbonyl (C=O) groups is 1. The fourth-order valence-electron chi connectivity index (χ4n) is 1.93. The lowest BCUT2D eigenvalue weighted by molar-refractivity contribution is 0.0590. The standard InChI is InChI=1S/C14H9Cl2N3O4/c1-22-14(21)11-12(13(20)19-10(18-11)4-5-17-19)23-7-2-3-8(15)9(16)6-7/h2-6,17H,1H3. The molecule has 1 N–H and O–H groups in total. The van der Waals surface area contributed by atoms with Crippen LogP contribution >= 0.6 is 23.2 Å². The molecular weight excluding hydrogens is 345 g/mol. The number of fused-ring (bicyclic) bond motifs is 1. The van der Waals surface area contributed by atoms with Crippen molar-refractivity contribution in [3.8, 4) is 11.5 Å². The Morgan fingerprint density at radius 2 is 2.04 bits per heavy atom. The SMILES string of the molecule is COC(=O)c1nc2cc[nH]n2c(=O)c1Oc1ccc(Cl)c(Cl)c1. The number of esters is 1. The number of benzene rings is 1. The Labute approximate surface area is 139 Å². The summed E-state index contributed by atoms with van der Waals surface area (Å²) < 4.78 is 11.3. The third-order valence-corrected chi connectivity index (χ3v) is 3.73. The molecule has 2 heterocycles. The predicted molar refractivity (Wildman–Crippen MR) is 83.7 cm³/mol. The van der Waals surface area contributed by atoms with Gasteiger partial charge in [0.2, 0.25) is 5.75 Å². The fraction of sp³-hybridized carbons (Fsp3) is 0.0714. The molecular formula is C14H9Cl2N3O4. The second-order valence-electron chi connectivity index (χ2n) is 4.42. The van der Waals surface area contributed by atoms with Gasteiger partial charge in [-0.2, -0.15) is 4.52 Å². The van der Waals surface area contributed by atoms with E-state index in [-0.39, 0.29) is 27.9 Å². The molecule has 0 radical (unpaired) electrons. The molecule has 3 aromatic rings. The van der Waals surface area contributed by atoms with E-state index in [1.54, 1.807) is 0 Å². The van der Waals surface area contributed by atoms with Crippen LogP contribution in [0.15, 0.2) is 35.3 Å². The quantitative estimate of drug-likeness (QED) is 0.731. The molecule has 2 aromatic heterocycles. The van der Waals surface area contributed by atoms with Crippen LogP contribution in [0.2, 0.25) is 10.0 Å². The van der Waals surface area contributed by atoms with Gasteiger partial charge >= 0.3 is 11.5 Å². The Kier molecular flexibility index (Phi) is 3.97. The van der Waals surface area contributed by atoms with Crippen LogP contribution in [0.4, 0.5) is 0 Å². The lowest BCUT2D eigenvalue weighted by Crippen LogP contribution is -2.21. The zero-order valence-electron chi connectivity index (χ0n) is 11.7. The van der Waals surface area contributed by atoms with Crippen LogP contribution in [0.1, 0.15) is 10.5 Å². The number of nitrogens with zero attached hydrogens (tertiary/aromatic N) is 2. The number of aromatic amines is 1. The van der Waals surface area contributed by atoms with E-state index in [1.807, 2.05) is 0 Å². The Hall–Kier alpha value is -2.51. The van der Waals surface area contributed by atoms with Crippen molar-refractivity contribution in [1.82, 2.24) is 14.6 Å². The highest BCUT2D eigenvalue weighted by Gasteiger charge is 2.22. The van der Waals surface area contributed by atoms with Crippen molar-refractivity contribution in [2.75, 3.05) is 7.11 Å². The highest BCUT2D eigenvalue weighted by Crippen LogP contribution is 2.29. The summed E-state index contributed by atoms with van der Waals surface area (Å²) in [5, 5.41) is 3.26. The molecule has 23 heavy (non-hydrogen) atoms. The number of nitrogens with one attached hydrogen (secondary N) is 1. The molecule has 7 nitrogen and oxygen atoms in total. The topological polar surface area (TPSA) is 85.7 Å². The first-order valence-electron chi connectivity index (χ1n) is 6.32. The predicted octanol–water partition coefficient (Wildman–Crippen LogP) is 2.91. The summed E-state index contributed by atoms with van der Waals surface area (Å²) >= 11 is 11.8. The van der Waals surface area contributed by atoms with Gasteiger partial charge in [-0.25, -0.2) is 9.78 Å². The minimum Gasteiger partial charge on any atom is -0.464 e. The molecule has 0 aliphatic rings. The molecule has 3 rings (SSSR count). The van der Waals surface area contributed by atoms with Crippen LogP contribution in [0.3, 0.4) is 0 Å². The average molecular weight is 354 g/mol. The van der Waals surface area contributed by atoms with Gasteiger partial charge in [0.05, 0.1) is 17.2 Å². The number of H-pyrrole nitrogens is 1. The van der Waals surface area contributed by atoms with Gasteiger partial charge in [0.1, 0.15) is 5.75 Å². The van der Waals surface area contributed by atoms with E-state index in [0.29, 0.717) is 5.02 Å². The van der Waals surface area contributed by atoms with Gasteiger partial charge < -0.3 is 9.47 Å². The summed E-state index contributed by atoms with van der Waals surface area (Å²) in [7, 11) is 1.19. The van der Waals surface area contributed by atoms with Crippen LogP contribution in [0, 0.1) is 0 Å². The molecule has 0 bridgehead atoms. The number of aromatic nitrogens is 3. The molecule has 0 saturated heterocycles. The summed E-state index contributed by atoms with van der Waals surface area (Å²) in [4.78, 5) is 28.5. The van der Waals surface area contributed by atoms with Crippen molar-refractivity contribution < 1.29 is 14.3 Å². The van der Waals surface area contributed by atoms with E-state index in [1.165, 1.54) is 37.6 Å². The lowest BCUT2D eigenvalue weighted by Gasteiger charge is -2.09. The van der Waals surface area contributed by atoms with E-state index in [2.05, 4.69) is 14.8 Å². The monoisotopic (exact) mass is 353 g/mol. The molecule has 0 spiro atoms. The minimum absolute atomic E-state index is 0.231. The third-order valence-electron chi connectivity index (χ3n) is 2.99. The largest absolute Gasteiger partial charge is 0.464 e. The van der Waals surface area contributed by atoms with Crippen molar-refractivity contribution in [3.63, 3.8) is 0 Å². The third kappa shape index (κ3) is 2.76. The summed E-state index contributed by atoms with van der Waals surface area (Å²) in [6.45, 7) is 0. The zero-order chi connectivity index (χ0) is 16.6. The fourth-order valence-corrected chi connectivity index (χ4v) is 2.22. The van der Waals surface area contributed by atoms with Crippen LogP contribution in [-0.2, 0) is 4.74 Å². The lowest BCUT2D eigenvalue weighted by atomic mass is 10.3. The summed E-state index contributed by atoms with van der Waals surface area (Å²) in [6.07, 6.45) is 1.51. The zero-order valence-corrected chi connectivity index (χ0v) is 13.2. The van der Waals surface area contributed by atoms with Gasteiger partial charge in [0.15, 0.2) is 11.3 Å². The van der Waals surface area contributed by atoms with E-state index in [0.717, 1.165) is 4.52 Å². The first kappa shape index (κ1) is 15.4. The number of rotatable bonds is 3. The van der Waals surface area contributed by atoms with Crippen molar-refractivity contribution >= 4 is 34.8 Å². The van der Waals surface area contributed by atoms with Crippen molar-refractivity contribution in [2.45, 2.75) is 0 Å². The highest BCUT2D eigenvalue weighted by atomic mass is 35.5. The number of hydrogen-bond acceptors (Lipinski definition) is 5. The van der Waals surface area contributed by atoms with E-state index in [4.69, 9.17) is 27.9 Å². The van der Waals surface area contributed by atoms with Crippen molar-refractivity contribution in [2.24, 2.45) is 0 Å². The average Bonchev–Trinajstić information content (AvgIpc) is 3.01. The molecule has 1 aromatic carbocycles. The van der Waals surface area contributed by atoms with Gasteiger partial charge in [-0.3, -0.25) is 9.89 Å². The maximum Gasteiger partial charge on any atom is 0.360 e. The Balaban J connectivity index is 2.17. The van der Waals surface area contributed by atoms with Crippen LogP contribution in [0.5, 0.6) is 11.5 Å². The Morgan fingerprint density at radius 1 is 1.26 bits per heavy atom. The first-order valence-corrected chi connectivity index (χ1v) is 7.08. The van der Waals surface area contributed by atoms with Crippen molar-refractivity contribution in [3.05, 3.63) is 56.6 Å². The Bertz CT molecular complexity index is 964. The number of halogens is 2. The number of ether oxygens (including phenoxy) is 2. The number of hydrogen-bond donors (Lipinski definition) is 1. The van der Waals surface area contributed by atoms with Crippen LogP contribution in [0.25, 0.3) is 5.65 Å². The molecule has 0 aliphatic carbocycles. The molecule has 0 atom stereocenters. The number of methoxy groups -OCH3 is 1. The highest BCUT2D eigenvalue weighted by molar-refractivity contribution is 6.42. The maximum atomic E-state index is 12.5. The van der Waals surface area contributed by atoms with Crippen LogP contribution in [-0.4, -0.2) is 27.7 Å². The molecule has 0 amide bonds. The summed E-state index contributed by atoms with van der Waals surface area (Å²) in [6, 6.07) is 5.98. The Morgan fingerprint density at radius 3 is 2.74 bits per heavy atom. The molecule has 0 saturated carbocycles. The minimum atomic E-state index is -0.791. The van der Waals surface area contributed by atoms with Gasteiger partial charge in [0.25, 0.3) is 0 Å². The summed E-state index contributed by atoms with van der Waals surface area (Å²) in [5.74, 6) is -0.842. The second kappa shape index (κ2) is 5.94. The normalized spacial score (nSPS) is 10.7. The maximum absolute atomic E-state index is 12.5. The number of carbonyl (C=O) groups excluding carboxylic acids is 1. The van der Waals surface area contributed by atoms with Gasteiger partial charge in [-0.1, -0.05) is 23.2 Å². The first-order chi connectivity index (χ1) is 11.0. The molecule has 9 heteroatoms. The molecule has 0 fully saturated rings. The van der Waals surface area contributed by atoms with E-state index >= 15 is 0 Å².